The van der Waals surface area contributed by atoms with Crippen molar-refractivity contribution in [2.24, 2.45) is 5.92 Å². The van der Waals surface area contributed by atoms with Gasteiger partial charge >= 0.3 is 0 Å². The molecule has 0 amide bonds. The van der Waals surface area contributed by atoms with E-state index in [1.165, 1.54) is 0 Å². The molecule has 0 radical (unpaired) electrons. The summed E-state index contributed by atoms with van der Waals surface area (Å²) in [6, 6.07) is 8.07. The average Bonchev–Trinajstić information content (AvgIpc) is 2.75. The molecule has 1 heterocycles. The number of hydrogen-bond acceptors (Lipinski definition) is 2. The van der Waals surface area contributed by atoms with Crippen molar-refractivity contribution in [2.45, 2.75) is 46.6 Å². The van der Waals surface area contributed by atoms with E-state index in [0.29, 0.717) is 24.5 Å². The van der Waals surface area contributed by atoms with Crippen molar-refractivity contribution in [3.05, 3.63) is 30.1 Å². The van der Waals surface area contributed by atoms with Gasteiger partial charge in [-0.05, 0) is 25.0 Å². The molecule has 2 aromatic rings. The number of Topliss-reactive ketones (excluding diaryl/α,β-unsaturated/α-hetero) is 1. The van der Waals surface area contributed by atoms with Crippen LogP contribution in [0.25, 0.3) is 11.0 Å². The van der Waals surface area contributed by atoms with Crippen molar-refractivity contribution >= 4 is 16.8 Å². The van der Waals surface area contributed by atoms with Gasteiger partial charge in [-0.2, -0.15) is 0 Å². The minimum Gasteiger partial charge on any atom is -0.328 e. The van der Waals surface area contributed by atoms with E-state index in [9.17, 15) is 4.79 Å². The Morgan fingerprint density at radius 2 is 2.05 bits per heavy atom. The molecule has 3 heteroatoms. The topological polar surface area (TPSA) is 34.9 Å². The number of rotatable bonds is 6. The van der Waals surface area contributed by atoms with Crippen molar-refractivity contribution < 1.29 is 4.79 Å². The van der Waals surface area contributed by atoms with E-state index in [0.717, 1.165) is 29.8 Å². The lowest BCUT2D eigenvalue weighted by Crippen LogP contribution is -2.12. The van der Waals surface area contributed by atoms with Crippen molar-refractivity contribution in [3.8, 4) is 0 Å². The second-order valence-corrected chi connectivity index (χ2v) is 5.19. The number of hydrogen-bond donors (Lipinski definition) is 0. The van der Waals surface area contributed by atoms with Gasteiger partial charge in [-0.15, -0.1) is 0 Å². The van der Waals surface area contributed by atoms with Gasteiger partial charge < -0.3 is 4.57 Å². The molecule has 19 heavy (non-hydrogen) atoms. The molecule has 2 rings (SSSR count). The van der Waals surface area contributed by atoms with Gasteiger partial charge in [-0.3, -0.25) is 4.79 Å². The van der Waals surface area contributed by atoms with Crippen molar-refractivity contribution in [3.63, 3.8) is 0 Å². The molecule has 1 aromatic heterocycles. The Balaban J connectivity index is 2.22. The van der Waals surface area contributed by atoms with Gasteiger partial charge in [0.05, 0.1) is 17.5 Å². The molecule has 0 aliphatic carbocycles. The first-order chi connectivity index (χ1) is 9.15. The first-order valence-electron chi connectivity index (χ1n) is 7.11. The van der Waals surface area contributed by atoms with Crippen LogP contribution in [0.2, 0.25) is 0 Å². The third kappa shape index (κ3) is 3.03. The Bertz CT molecular complexity index is 571. The molecule has 102 valence electrons. The van der Waals surface area contributed by atoms with Gasteiger partial charge in [-0.25, -0.2) is 4.98 Å². The zero-order chi connectivity index (χ0) is 13.8. The van der Waals surface area contributed by atoms with Gasteiger partial charge in [0, 0.05) is 13.0 Å². The molecular weight excluding hydrogens is 236 g/mol. The maximum atomic E-state index is 12.1. The summed E-state index contributed by atoms with van der Waals surface area (Å²) in [6.07, 6.45) is 2.16. The summed E-state index contributed by atoms with van der Waals surface area (Å²) >= 11 is 0. The van der Waals surface area contributed by atoms with Crippen LogP contribution in [0.15, 0.2) is 24.3 Å². The van der Waals surface area contributed by atoms with Gasteiger partial charge in [-0.1, -0.05) is 32.4 Å². The average molecular weight is 258 g/mol. The van der Waals surface area contributed by atoms with E-state index in [2.05, 4.69) is 36.4 Å². The smallest absolute Gasteiger partial charge is 0.140 e. The summed E-state index contributed by atoms with van der Waals surface area (Å²) in [4.78, 5) is 16.7. The minimum absolute atomic E-state index is 0.291. The number of imidazole rings is 1. The number of aryl methyl sites for hydroxylation is 1. The van der Waals surface area contributed by atoms with Crippen LogP contribution >= 0.6 is 0 Å². The summed E-state index contributed by atoms with van der Waals surface area (Å²) in [5.41, 5.74) is 2.10. The Hall–Kier alpha value is -1.64. The molecule has 0 saturated carbocycles. The number of fused-ring (bicyclic) bond motifs is 1. The van der Waals surface area contributed by atoms with E-state index in [1.807, 2.05) is 18.2 Å². The second-order valence-electron chi connectivity index (χ2n) is 5.19. The Kier molecular flexibility index (Phi) is 4.35. The molecule has 0 saturated heterocycles. The quantitative estimate of drug-likeness (QED) is 0.793. The predicted octanol–water partition coefficient (Wildman–Crippen LogP) is 3.60. The highest BCUT2D eigenvalue weighted by atomic mass is 16.1. The monoisotopic (exact) mass is 258 g/mol. The standard InChI is InChI=1S/C16H22N2O/c1-4-12(3)10-13(19)11-16-17-14-8-6-7-9-15(14)18(16)5-2/h6-9,12H,4-5,10-11H2,1-3H3. The summed E-state index contributed by atoms with van der Waals surface area (Å²) in [7, 11) is 0. The molecule has 0 spiro atoms. The number of aromatic nitrogens is 2. The lowest BCUT2D eigenvalue weighted by Gasteiger charge is -2.08. The number of carbonyl (C=O) groups is 1. The van der Waals surface area contributed by atoms with Gasteiger partial charge in [0.2, 0.25) is 0 Å². The van der Waals surface area contributed by atoms with Crippen LogP contribution < -0.4 is 0 Å². The zero-order valence-electron chi connectivity index (χ0n) is 12.0. The first kappa shape index (κ1) is 13.8. The predicted molar refractivity (Wildman–Crippen MR) is 78.2 cm³/mol. The molecule has 0 fully saturated rings. The number of nitrogens with zero attached hydrogens (tertiary/aromatic N) is 2. The molecule has 1 aromatic carbocycles. The fraction of sp³-hybridized carbons (Fsp3) is 0.500. The van der Waals surface area contributed by atoms with Gasteiger partial charge in [0.15, 0.2) is 0 Å². The highest BCUT2D eigenvalue weighted by Crippen LogP contribution is 2.17. The summed E-state index contributed by atoms with van der Waals surface area (Å²) in [6.45, 7) is 7.20. The Labute approximate surface area is 114 Å². The number of ketones is 1. The highest BCUT2D eigenvalue weighted by molar-refractivity contribution is 5.82. The normalized spacial score (nSPS) is 12.8. The van der Waals surface area contributed by atoms with E-state index >= 15 is 0 Å². The number of carbonyl (C=O) groups excluding carboxylic acids is 1. The first-order valence-corrected chi connectivity index (χ1v) is 7.11. The minimum atomic E-state index is 0.291. The molecule has 3 nitrogen and oxygen atoms in total. The molecule has 0 aliphatic rings. The fourth-order valence-electron chi connectivity index (χ4n) is 2.39. The lowest BCUT2D eigenvalue weighted by atomic mass is 10.0. The van der Waals surface area contributed by atoms with Crippen molar-refractivity contribution in [1.29, 1.82) is 0 Å². The number of para-hydroxylation sites is 2. The third-order valence-corrected chi connectivity index (χ3v) is 3.68. The van der Waals surface area contributed by atoms with Crippen LogP contribution in [-0.4, -0.2) is 15.3 Å². The summed E-state index contributed by atoms with van der Waals surface area (Å²) < 4.78 is 2.14. The summed E-state index contributed by atoms with van der Waals surface area (Å²) in [5.74, 6) is 1.66. The number of benzene rings is 1. The largest absolute Gasteiger partial charge is 0.328 e. The molecule has 1 unspecified atom stereocenters. The molecule has 0 bridgehead atoms. The van der Waals surface area contributed by atoms with E-state index in [4.69, 9.17) is 0 Å². The molecule has 0 aliphatic heterocycles. The van der Waals surface area contributed by atoms with Crippen LogP contribution in [0.1, 0.15) is 39.4 Å². The highest BCUT2D eigenvalue weighted by Gasteiger charge is 2.14. The zero-order valence-corrected chi connectivity index (χ0v) is 12.0. The van der Waals surface area contributed by atoms with E-state index in [1.54, 1.807) is 0 Å². The Morgan fingerprint density at radius 3 is 2.74 bits per heavy atom. The van der Waals surface area contributed by atoms with Gasteiger partial charge in [0.25, 0.3) is 0 Å². The van der Waals surface area contributed by atoms with Crippen LogP contribution in [0, 0.1) is 5.92 Å². The van der Waals surface area contributed by atoms with E-state index < -0.39 is 0 Å². The lowest BCUT2D eigenvalue weighted by molar-refractivity contribution is -0.119. The van der Waals surface area contributed by atoms with E-state index in [-0.39, 0.29) is 0 Å². The van der Waals surface area contributed by atoms with Crippen LogP contribution in [0.3, 0.4) is 0 Å². The van der Waals surface area contributed by atoms with Crippen LogP contribution in [0.5, 0.6) is 0 Å². The van der Waals surface area contributed by atoms with Crippen LogP contribution in [0.4, 0.5) is 0 Å². The van der Waals surface area contributed by atoms with Crippen LogP contribution in [-0.2, 0) is 17.8 Å². The molecule has 0 N–H and O–H groups in total. The second kappa shape index (κ2) is 6.00. The van der Waals surface area contributed by atoms with Gasteiger partial charge in [0.1, 0.15) is 11.6 Å². The van der Waals surface area contributed by atoms with Crippen molar-refractivity contribution in [1.82, 2.24) is 9.55 Å². The maximum Gasteiger partial charge on any atom is 0.140 e. The Morgan fingerprint density at radius 1 is 1.32 bits per heavy atom. The maximum absolute atomic E-state index is 12.1. The molecular formula is C16H22N2O. The fourth-order valence-corrected chi connectivity index (χ4v) is 2.39. The molecule has 1 atom stereocenters. The SMILES string of the molecule is CCC(C)CC(=O)Cc1nc2ccccc2n1CC. The third-order valence-electron chi connectivity index (χ3n) is 3.68. The summed E-state index contributed by atoms with van der Waals surface area (Å²) in [5, 5.41) is 0. The van der Waals surface area contributed by atoms with Crippen molar-refractivity contribution in [2.75, 3.05) is 0 Å².